The predicted octanol–water partition coefficient (Wildman–Crippen LogP) is 4.35. The molecule has 1 aromatic carbocycles. The van der Waals surface area contributed by atoms with E-state index in [1.807, 2.05) is 6.20 Å². The minimum Gasteiger partial charge on any atom is -0.356 e. The van der Waals surface area contributed by atoms with Crippen molar-refractivity contribution in [3.8, 4) is 0 Å². The largest absolute Gasteiger partial charge is 0.356 e. The van der Waals surface area contributed by atoms with E-state index in [1.54, 1.807) is 18.4 Å². The normalized spacial score (nSPS) is 12.4. The van der Waals surface area contributed by atoms with Gasteiger partial charge in [0.05, 0.1) is 11.0 Å². The van der Waals surface area contributed by atoms with Gasteiger partial charge in [0, 0.05) is 31.1 Å². The molecule has 0 aliphatic carbocycles. The van der Waals surface area contributed by atoms with Crippen LogP contribution in [0.2, 0.25) is 0 Å². The van der Waals surface area contributed by atoms with Crippen LogP contribution in [0.25, 0.3) is 0 Å². The molecule has 0 amide bonds. The third-order valence-electron chi connectivity index (χ3n) is 4.05. The van der Waals surface area contributed by atoms with Gasteiger partial charge in [0.1, 0.15) is 0 Å². The quantitative estimate of drug-likeness (QED) is 0.358. The lowest BCUT2D eigenvalue weighted by atomic mass is 10.1. The van der Waals surface area contributed by atoms with Crippen molar-refractivity contribution in [1.82, 2.24) is 15.6 Å². The van der Waals surface area contributed by atoms with Gasteiger partial charge in [0.25, 0.3) is 0 Å². The number of aromatic nitrogens is 1. The summed E-state index contributed by atoms with van der Waals surface area (Å²) < 4.78 is 0. The maximum Gasteiger partial charge on any atom is 0.191 e. The number of thiazole rings is 1. The standard InChI is InChI=1S/C19H28N4S.HI/c1-5-15-7-9-16(10-8-15)14(3)23-19(20-4)21-12-11-18-22-13-17(6-2)24-18;/h7-10,13-14H,5-6,11-12H2,1-4H3,(H2,20,21,23);1H. The van der Waals surface area contributed by atoms with Gasteiger partial charge in [-0.15, -0.1) is 35.3 Å². The third-order valence-corrected chi connectivity index (χ3v) is 5.25. The van der Waals surface area contributed by atoms with E-state index in [0.29, 0.717) is 0 Å². The molecule has 138 valence electrons. The SMILES string of the molecule is CCc1ccc(C(C)NC(=NC)NCCc2ncc(CC)s2)cc1.I. The molecule has 0 aliphatic rings. The maximum absolute atomic E-state index is 4.45. The topological polar surface area (TPSA) is 49.3 Å². The number of hydrogen-bond donors (Lipinski definition) is 2. The zero-order chi connectivity index (χ0) is 17.4. The van der Waals surface area contributed by atoms with Crippen LogP contribution in [-0.2, 0) is 19.3 Å². The molecule has 1 aromatic heterocycles. The van der Waals surface area contributed by atoms with Gasteiger partial charge < -0.3 is 10.6 Å². The van der Waals surface area contributed by atoms with E-state index in [4.69, 9.17) is 0 Å². The summed E-state index contributed by atoms with van der Waals surface area (Å²) in [6.45, 7) is 7.32. The van der Waals surface area contributed by atoms with Crippen molar-refractivity contribution in [1.29, 1.82) is 0 Å². The molecule has 6 heteroatoms. The number of nitrogens with one attached hydrogen (secondary N) is 2. The number of nitrogens with zero attached hydrogens (tertiary/aromatic N) is 2. The van der Waals surface area contributed by atoms with Gasteiger partial charge in [-0.1, -0.05) is 38.1 Å². The molecule has 4 nitrogen and oxygen atoms in total. The van der Waals surface area contributed by atoms with Crippen LogP contribution >= 0.6 is 35.3 Å². The van der Waals surface area contributed by atoms with Crippen molar-refractivity contribution in [2.75, 3.05) is 13.6 Å². The van der Waals surface area contributed by atoms with Gasteiger partial charge in [0.15, 0.2) is 5.96 Å². The first-order chi connectivity index (χ1) is 11.7. The fourth-order valence-electron chi connectivity index (χ4n) is 2.44. The van der Waals surface area contributed by atoms with Crippen LogP contribution in [-0.4, -0.2) is 24.5 Å². The zero-order valence-corrected chi connectivity index (χ0v) is 18.7. The summed E-state index contributed by atoms with van der Waals surface area (Å²) in [6.07, 6.45) is 5.03. The summed E-state index contributed by atoms with van der Waals surface area (Å²) in [5.74, 6) is 0.828. The van der Waals surface area contributed by atoms with Crippen LogP contribution < -0.4 is 10.6 Å². The molecule has 0 radical (unpaired) electrons. The second-order valence-electron chi connectivity index (χ2n) is 5.78. The average molecular weight is 472 g/mol. The van der Waals surface area contributed by atoms with E-state index < -0.39 is 0 Å². The van der Waals surface area contributed by atoms with Crippen molar-refractivity contribution in [2.24, 2.45) is 4.99 Å². The number of halogens is 1. The molecule has 1 heterocycles. The van der Waals surface area contributed by atoms with Crippen molar-refractivity contribution in [2.45, 2.75) is 46.1 Å². The van der Waals surface area contributed by atoms with Crippen LogP contribution in [0.15, 0.2) is 35.5 Å². The molecule has 1 atom stereocenters. The van der Waals surface area contributed by atoms with Crippen LogP contribution in [0, 0.1) is 0 Å². The highest BCUT2D eigenvalue weighted by Gasteiger charge is 2.08. The molecule has 0 saturated carbocycles. The highest BCUT2D eigenvalue weighted by molar-refractivity contribution is 14.0. The average Bonchev–Trinajstić information content (AvgIpc) is 3.08. The Kier molecular flexibility index (Phi) is 10.0. The van der Waals surface area contributed by atoms with E-state index in [0.717, 1.165) is 31.8 Å². The van der Waals surface area contributed by atoms with Gasteiger partial charge in [-0.2, -0.15) is 0 Å². The van der Waals surface area contributed by atoms with Crippen molar-refractivity contribution >= 4 is 41.3 Å². The summed E-state index contributed by atoms with van der Waals surface area (Å²) in [7, 11) is 1.81. The molecule has 25 heavy (non-hydrogen) atoms. The monoisotopic (exact) mass is 472 g/mol. The second-order valence-corrected chi connectivity index (χ2v) is 6.98. The predicted molar refractivity (Wildman–Crippen MR) is 119 cm³/mol. The molecule has 0 aliphatic heterocycles. The third kappa shape index (κ3) is 6.93. The lowest BCUT2D eigenvalue weighted by Gasteiger charge is -2.18. The lowest BCUT2D eigenvalue weighted by molar-refractivity contribution is 0.683. The fraction of sp³-hybridized carbons (Fsp3) is 0.474. The Morgan fingerprint density at radius 1 is 1.20 bits per heavy atom. The number of hydrogen-bond acceptors (Lipinski definition) is 3. The summed E-state index contributed by atoms with van der Waals surface area (Å²) in [5.41, 5.74) is 2.63. The van der Waals surface area contributed by atoms with Crippen molar-refractivity contribution < 1.29 is 0 Å². The summed E-state index contributed by atoms with van der Waals surface area (Å²) >= 11 is 1.79. The van der Waals surface area contributed by atoms with E-state index >= 15 is 0 Å². The molecular formula is C19H29IN4S. The molecule has 2 rings (SSSR count). The van der Waals surface area contributed by atoms with Crippen molar-refractivity contribution in [3.63, 3.8) is 0 Å². The number of guanidine groups is 1. The van der Waals surface area contributed by atoms with E-state index in [1.165, 1.54) is 21.0 Å². The first kappa shape index (κ1) is 21.9. The number of rotatable bonds is 7. The molecule has 0 saturated heterocycles. The van der Waals surface area contributed by atoms with Crippen LogP contribution in [0.1, 0.15) is 47.8 Å². The molecule has 0 fully saturated rings. The second kappa shape index (κ2) is 11.5. The van der Waals surface area contributed by atoms with E-state index in [-0.39, 0.29) is 30.0 Å². The fourth-order valence-corrected chi connectivity index (χ4v) is 3.30. The summed E-state index contributed by atoms with van der Waals surface area (Å²) in [6, 6.07) is 8.97. The maximum atomic E-state index is 4.45. The van der Waals surface area contributed by atoms with Gasteiger partial charge in [-0.25, -0.2) is 4.98 Å². The molecule has 2 N–H and O–H groups in total. The lowest BCUT2D eigenvalue weighted by Crippen LogP contribution is -2.39. The summed E-state index contributed by atoms with van der Waals surface area (Å²) in [5, 5.41) is 8.00. The van der Waals surface area contributed by atoms with Gasteiger partial charge in [-0.3, -0.25) is 4.99 Å². The molecule has 1 unspecified atom stereocenters. The van der Waals surface area contributed by atoms with E-state index in [9.17, 15) is 0 Å². The Hall–Kier alpha value is -1.15. The zero-order valence-electron chi connectivity index (χ0n) is 15.5. The van der Waals surface area contributed by atoms with Gasteiger partial charge >= 0.3 is 0 Å². The van der Waals surface area contributed by atoms with Crippen LogP contribution in [0.4, 0.5) is 0 Å². The Morgan fingerprint density at radius 3 is 2.48 bits per heavy atom. The Morgan fingerprint density at radius 2 is 1.92 bits per heavy atom. The van der Waals surface area contributed by atoms with E-state index in [2.05, 4.69) is 65.6 Å². The molecule has 2 aromatic rings. The summed E-state index contributed by atoms with van der Waals surface area (Å²) in [4.78, 5) is 10.1. The first-order valence-electron chi connectivity index (χ1n) is 8.65. The van der Waals surface area contributed by atoms with Gasteiger partial charge in [0.2, 0.25) is 0 Å². The number of aryl methyl sites for hydroxylation is 2. The Balaban J connectivity index is 0.00000312. The molecular weight excluding hydrogens is 443 g/mol. The Labute approximate surface area is 172 Å². The van der Waals surface area contributed by atoms with Crippen molar-refractivity contribution in [3.05, 3.63) is 51.5 Å². The number of aliphatic imine (C=N–C) groups is 1. The minimum atomic E-state index is 0. The smallest absolute Gasteiger partial charge is 0.191 e. The van der Waals surface area contributed by atoms with Crippen LogP contribution in [0.3, 0.4) is 0 Å². The van der Waals surface area contributed by atoms with Crippen LogP contribution in [0.5, 0.6) is 0 Å². The minimum absolute atomic E-state index is 0. The Bertz CT molecular complexity index is 652. The molecule has 0 bridgehead atoms. The highest BCUT2D eigenvalue weighted by Crippen LogP contribution is 2.14. The first-order valence-corrected chi connectivity index (χ1v) is 9.47. The molecule has 0 spiro atoms. The van der Waals surface area contributed by atoms with Gasteiger partial charge in [-0.05, 0) is 30.9 Å². The highest BCUT2D eigenvalue weighted by atomic mass is 127. The number of benzene rings is 1.